The van der Waals surface area contributed by atoms with Crippen LogP contribution in [0.15, 0.2) is 95.1 Å². The number of aromatic amines is 1. The summed E-state index contributed by atoms with van der Waals surface area (Å²) in [6.45, 7) is 4.43. The van der Waals surface area contributed by atoms with E-state index >= 15 is 0 Å². The number of H-pyrrole nitrogens is 1. The van der Waals surface area contributed by atoms with E-state index in [2.05, 4.69) is 27.0 Å². The van der Waals surface area contributed by atoms with Gasteiger partial charge in [-0.15, -0.1) is 0 Å². The molecule has 0 radical (unpaired) electrons. The Morgan fingerprint density at radius 1 is 1.00 bits per heavy atom. The van der Waals surface area contributed by atoms with Gasteiger partial charge in [0.1, 0.15) is 0 Å². The number of fused-ring (bicyclic) bond motifs is 1. The number of imidazole rings is 1. The summed E-state index contributed by atoms with van der Waals surface area (Å²) < 4.78 is 45.1. The molecule has 41 heavy (non-hydrogen) atoms. The average molecular weight is 585 g/mol. The average Bonchev–Trinajstić information content (AvgIpc) is 3.40. The fourth-order valence-corrected chi connectivity index (χ4v) is 5.47. The van der Waals surface area contributed by atoms with Crippen LogP contribution in [0.4, 0.5) is 18.9 Å². The van der Waals surface area contributed by atoms with Crippen LogP contribution in [0.2, 0.25) is 0 Å². The number of aromatic nitrogens is 2. The summed E-state index contributed by atoms with van der Waals surface area (Å²) in [5.41, 5.74) is 4.82. The first kappa shape index (κ1) is 29.5. The van der Waals surface area contributed by atoms with Gasteiger partial charge in [-0.2, -0.15) is 13.2 Å². The molecule has 1 unspecified atom stereocenters. The lowest BCUT2D eigenvalue weighted by molar-refractivity contribution is -0.192. The molecule has 0 spiro atoms. The minimum Gasteiger partial charge on any atom is -0.475 e. The van der Waals surface area contributed by atoms with E-state index in [-0.39, 0.29) is 5.91 Å². The Hall–Kier alpha value is -4.45. The monoisotopic (exact) mass is 584 g/mol. The van der Waals surface area contributed by atoms with E-state index < -0.39 is 22.9 Å². The molecule has 1 amide bonds. The van der Waals surface area contributed by atoms with Gasteiger partial charge in [0.2, 0.25) is 0 Å². The van der Waals surface area contributed by atoms with Gasteiger partial charge in [-0.05, 0) is 42.8 Å². The third kappa shape index (κ3) is 7.40. The molecule has 214 valence electrons. The van der Waals surface area contributed by atoms with Gasteiger partial charge in [-0.25, -0.2) is 14.0 Å². The van der Waals surface area contributed by atoms with Gasteiger partial charge in [0.25, 0.3) is 5.91 Å². The number of nitrogens with one attached hydrogen (secondary N) is 1. The lowest BCUT2D eigenvalue weighted by Gasteiger charge is -2.24. The van der Waals surface area contributed by atoms with Crippen LogP contribution in [0.5, 0.6) is 0 Å². The Bertz CT molecular complexity index is 1530. The second-order valence-corrected chi connectivity index (χ2v) is 10.7. The maximum Gasteiger partial charge on any atom is 0.490 e. The maximum absolute atomic E-state index is 13.8. The molecule has 5 rings (SSSR count). The SMILES string of the molecule is Cc1ccc(S(=O)c2ccccc2C(=O)N2CCN(Cc3cnc[nH]3)c3ccccc3C2)cc1.O=C(O)C(F)(F)F. The van der Waals surface area contributed by atoms with E-state index in [4.69, 9.17) is 9.90 Å². The highest BCUT2D eigenvalue weighted by Crippen LogP contribution is 2.28. The third-order valence-electron chi connectivity index (χ3n) is 6.33. The quantitative estimate of drug-likeness (QED) is 0.335. The number of carboxylic acid groups (broad SMARTS) is 1. The molecule has 1 aliphatic heterocycles. The van der Waals surface area contributed by atoms with Crippen LogP contribution in [0, 0.1) is 6.92 Å². The van der Waals surface area contributed by atoms with Gasteiger partial charge in [0.05, 0.1) is 39.8 Å². The molecule has 1 aliphatic rings. The van der Waals surface area contributed by atoms with Crippen LogP contribution in [0.1, 0.15) is 27.2 Å². The minimum absolute atomic E-state index is 0.103. The van der Waals surface area contributed by atoms with Gasteiger partial charge in [-0.1, -0.05) is 48.0 Å². The number of carboxylic acids is 1. The summed E-state index contributed by atoms with van der Waals surface area (Å²) in [5, 5.41) is 7.12. The summed E-state index contributed by atoms with van der Waals surface area (Å²) in [7, 11) is -1.44. The van der Waals surface area contributed by atoms with Crippen molar-refractivity contribution in [2.75, 3.05) is 18.0 Å². The van der Waals surface area contributed by atoms with Crippen molar-refractivity contribution >= 4 is 28.4 Å². The lowest BCUT2D eigenvalue weighted by Crippen LogP contribution is -2.35. The number of anilines is 1. The molecule has 2 N–H and O–H groups in total. The molecule has 2 heterocycles. The molecule has 0 fully saturated rings. The van der Waals surface area contributed by atoms with Gasteiger partial charge in [0, 0.05) is 36.4 Å². The molecule has 1 atom stereocenters. The Labute approximate surface area is 236 Å². The van der Waals surface area contributed by atoms with Gasteiger partial charge >= 0.3 is 12.1 Å². The smallest absolute Gasteiger partial charge is 0.475 e. The Morgan fingerprint density at radius 2 is 1.66 bits per heavy atom. The van der Waals surface area contributed by atoms with Crippen molar-refractivity contribution in [3.8, 4) is 0 Å². The highest BCUT2D eigenvalue weighted by Gasteiger charge is 2.38. The van der Waals surface area contributed by atoms with E-state index in [0.29, 0.717) is 41.5 Å². The minimum atomic E-state index is -5.08. The number of carbonyl (C=O) groups is 2. The number of hydrogen-bond donors (Lipinski definition) is 2. The van der Waals surface area contributed by atoms with E-state index in [1.807, 2.05) is 66.6 Å². The molecular weight excluding hydrogens is 557 g/mol. The molecule has 0 saturated heterocycles. The van der Waals surface area contributed by atoms with Crippen molar-refractivity contribution in [2.24, 2.45) is 0 Å². The maximum atomic E-state index is 13.8. The van der Waals surface area contributed by atoms with Crippen LogP contribution in [-0.2, 0) is 28.7 Å². The Balaban J connectivity index is 0.000000493. The van der Waals surface area contributed by atoms with Gasteiger partial charge < -0.3 is 19.9 Å². The summed E-state index contributed by atoms with van der Waals surface area (Å²) in [6.07, 6.45) is -1.58. The summed E-state index contributed by atoms with van der Waals surface area (Å²) in [6, 6.07) is 23.0. The molecule has 4 aromatic rings. The largest absolute Gasteiger partial charge is 0.490 e. The predicted molar refractivity (Wildman–Crippen MR) is 147 cm³/mol. The second-order valence-electron chi connectivity index (χ2n) is 9.23. The first-order valence-corrected chi connectivity index (χ1v) is 13.7. The number of aliphatic carboxylic acids is 1. The highest BCUT2D eigenvalue weighted by atomic mass is 32.2. The Morgan fingerprint density at radius 3 is 2.32 bits per heavy atom. The zero-order valence-electron chi connectivity index (χ0n) is 22.0. The fourth-order valence-electron chi connectivity index (χ4n) is 4.28. The number of aryl methyl sites for hydroxylation is 1. The number of nitrogens with zero attached hydrogens (tertiary/aromatic N) is 3. The number of halogens is 3. The standard InChI is InChI=1S/C27H26N4O2S.C2HF3O2/c1-20-10-12-23(13-11-20)34(33)26-9-5-3-7-24(26)27(32)31-15-14-30(18-22-16-28-19-29-22)25-8-4-2-6-21(25)17-31;3-2(4,5)1(6)7/h2-13,16,19H,14-15,17-18H2,1H3,(H,28,29);(H,6,7). The normalized spacial score (nSPS) is 13.9. The first-order chi connectivity index (χ1) is 19.5. The molecule has 12 heteroatoms. The number of carbonyl (C=O) groups excluding carboxylic acids is 1. The van der Waals surface area contributed by atoms with Crippen molar-refractivity contribution < 1.29 is 32.1 Å². The van der Waals surface area contributed by atoms with Crippen LogP contribution in [-0.4, -0.2) is 55.3 Å². The van der Waals surface area contributed by atoms with Crippen molar-refractivity contribution in [2.45, 2.75) is 36.0 Å². The summed E-state index contributed by atoms with van der Waals surface area (Å²) in [5.74, 6) is -2.86. The number of para-hydroxylation sites is 1. The van der Waals surface area contributed by atoms with Crippen LogP contribution < -0.4 is 4.90 Å². The van der Waals surface area contributed by atoms with Crippen LogP contribution in [0.3, 0.4) is 0 Å². The zero-order valence-corrected chi connectivity index (χ0v) is 22.8. The number of alkyl halides is 3. The van der Waals surface area contributed by atoms with Crippen LogP contribution in [0.25, 0.3) is 0 Å². The van der Waals surface area contributed by atoms with E-state index in [9.17, 15) is 22.2 Å². The van der Waals surface area contributed by atoms with Crippen molar-refractivity contribution in [3.63, 3.8) is 0 Å². The lowest BCUT2D eigenvalue weighted by atomic mass is 10.1. The molecule has 3 aromatic carbocycles. The molecule has 0 saturated carbocycles. The Kier molecular flexibility index (Phi) is 9.23. The van der Waals surface area contributed by atoms with E-state index in [1.54, 1.807) is 18.5 Å². The molecule has 8 nitrogen and oxygen atoms in total. The molecular formula is C29H27F3N4O4S. The fraction of sp³-hybridized carbons (Fsp3) is 0.207. The van der Waals surface area contributed by atoms with Crippen LogP contribution >= 0.6 is 0 Å². The van der Waals surface area contributed by atoms with E-state index in [1.165, 1.54) is 0 Å². The van der Waals surface area contributed by atoms with Crippen molar-refractivity contribution in [1.82, 2.24) is 14.9 Å². The number of amides is 1. The second kappa shape index (κ2) is 12.8. The van der Waals surface area contributed by atoms with Gasteiger partial charge in [0.15, 0.2) is 0 Å². The number of benzene rings is 3. The van der Waals surface area contributed by atoms with Crippen molar-refractivity contribution in [1.29, 1.82) is 0 Å². The third-order valence-corrected chi connectivity index (χ3v) is 7.79. The number of rotatable bonds is 5. The highest BCUT2D eigenvalue weighted by molar-refractivity contribution is 7.85. The number of hydrogen-bond acceptors (Lipinski definition) is 5. The predicted octanol–water partition coefficient (Wildman–Crippen LogP) is 5.18. The van der Waals surface area contributed by atoms with E-state index in [0.717, 1.165) is 22.5 Å². The first-order valence-electron chi connectivity index (χ1n) is 12.5. The van der Waals surface area contributed by atoms with Crippen molar-refractivity contribution in [3.05, 3.63) is 108 Å². The zero-order chi connectivity index (χ0) is 29.6. The van der Waals surface area contributed by atoms with Gasteiger partial charge in [-0.3, -0.25) is 4.79 Å². The molecule has 0 bridgehead atoms. The molecule has 1 aromatic heterocycles. The summed E-state index contributed by atoms with van der Waals surface area (Å²) in [4.78, 5) is 35.3. The topological polar surface area (TPSA) is 107 Å². The summed E-state index contributed by atoms with van der Waals surface area (Å²) >= 11 is 0. The molecule has 0 aliphatic carbocycles.